The summed E-state index contributed by atoms with van der Waals surface area (Å²) in [6.45, 7) is 0. The van der Waals surface area contributed by atoms with Gasteiger partial charge in [-0.05, 0) is 42.0 Å². The molecule has 0 amide bonds. The number of rotatable bonds is 6. The van der Waals surface area contributed by atoms with Gasteiger partial charge in [-0.1, -0.05) is 17.7 Å². The molecule has 2 aromatic rings. The molecule has 0 aromatic heterocycles. The van der Waals surface area contributed by atoms with Crippen LogP contribution >= 0.6 is 11.6 Å². The maximum Gasteiger partial charge on any atom is 0.203 e. The third-order valence-corrected chi connectivity index (χ3v) is 3.62. The van der Waals surface area contributed by atoms with Crippen molar-refractivity contribution >= 4 is 23.5 Å². The van der Waals surface area contributed by atoms with Gasteiger partial charge in [-0.25, -0.2) is 4.39 Å². The van der Waals surface area contributed by atoms with Gasteiger partial charge in [0.05, 0.1) is 26.4 Å². The fourth-order valence-corrected chi connectivity index (χ4v) is 2.41. The van der Waals surface area contributed by atoms with E-state index in [0.29, 0.717) is 22.8 Å². The van der Waals surface area contributed by atoms with Crippen molar-refractivity contribution in [2.24, 2.45) is 0 Å². The Balaban J connectivity index is 2.32. The minimum atomic E-state index is -0.495. The lowest BCUT2D eigenvalue weighted by Crippen LogP contribution is -1.97. The zero-order valence-electron chi connectivity index (χ0n) is 13.4. The lowest BCUT2D eigenvalue weighted by atomic mass is 10.1. The van der Waals surface area contributed by atoms with Gasteiger partial charge in [0.15, 0.2) is 17.3 Å². The van der Waals surface area contributed by atoms with Crippen molar-refractivity contribution in [1.82, 2.24) is 0 Å². The van der Waals surface area contributed by atoms with Gasteiger partial charge in [-0.15, -0.1) is 0 Å². The molecule has 0 aliphatic rings. The van der Waals surface area contributed by atoms with Crippen molar-refractivity contribution in [2.75, 3.05) is 21.3 Å². The zero-order chi connectivity index (χ0) is 17.7. The average Bonchev–Trinajstić information content (AvgIpc) is 2.58. The SMILES string of the molecule is COc1cc(/C=C/C(=O)c2ccc(F)cc2Cl)cc(OC)c1OC. The molecule has 4 nitrogen and oxygen atoms in total. The Kier molecular flexibility index (Phi) is 5.82. The van der Waals surface area contributed by atoms with Crippen LogP contribution in [0.1, 0.15) is 15.9 Å². The molecule has 0 atom stereocenters. The molecule has 0 bridgehead atoms. The number of hydrogen-bond acceptors (Lipinski definition) is 4. The summed E-state index contributed by atoms with van der Waals surface area (Å²) in [7, 11) is 4.53. The topological polar surface area (TPSA) is 44.8 Å². The highest BCUT2D eigenvalue weighted by Gasteiger charge is 2.13. The highest BCUT2D eigenvalue weighted by atomic mass is 35.5. The van der Waals surface area contributed by atoms with E-state index >= 15 is 0 Å². The van der Waals surface area contributed by atoms with E-state index in [0.717, 1.165) is 6.07 Å². The number of ketones is 1. The molecule has 0 radical (unpaired) electrons. The van der Waals surface area contributed by atoms with Gasteiger partial charge in [-0.2, -0.15) is 0 Å². The number of carbonyl (C=O) groups excluding carboxylic acids is 1. The largest absolute Gasteiger partial charge is 0.493 e. The second-order valence-corrected chi connectivity index (χ2v) is 5.19. The Morgan fingerprint density at radius 3 is 2.17 bits per heavy atom. The van der Waals surface area contributed by atoms with Crippen molar-refractivity contribution in [3.05, 3.63) is 58.4 Å². The molecule has 0 aliphatic heterocycles. The number of ether oxygens (including phenoxy) is 3. The molecule has 0 N–H and O–H groups in total. The molecule has 2 aromatic carbocycles. The van der Waals surface area contributed by atoms with Crippen LogP contribution in [0.2, 0.25) is 5.02 Å². The summed E-state index contributed by atoms with van der Waals surface area (Å²) in [5, 5.41) is 0.0644. The van der Waals surface area contributed by atoms with E-state index in [9.17, 15) is 9.18 Å². The van der Waals surface area contributed by atoms with E-state index in [-0.39, 0.29) is 16.4 Å². The number of allylic oxidation sites excluding steroid dienone is 1. The Morgan fingerprint density at radius 2 is 1.67 bits per heavy atom. The van der Waals surface area contributed by atoms with E-state index in [1.807, 2.05) is 0 Å². The quantitative estimate of drug-likeness (QED) is 0.572. The molecule has 24 heavy (non-hydrogen) atoms. The molecule has 0 saturated carbocycles. The number of hydrogen-bond donors (Lipinski definition) is 0. The van der Waals surface area contributed by atoms with Crippen LogP contribution in [0.15, 0.2) is 36.4 Å². The maximum absolute atomic E-state index is 13.0. The van der Waals surface area contributed by atoms with Crippen molar-refractivity contribution < 1.29 is 23.4 Å². The molecular weight excluding hydrogens is 335 g/mol. The number of methoxy groups -OCH3 is 3. The Labute approximate surface area is 144 Å². The second kappa shape index (κ2) is 7.84. The first-order valence-electron chi connectivity index (χ1n) is 6.97. The molecular formula is C18H16ClFO4. The second-order valence-electron chi connectivity index (χ2n) is 4.78. The van der Waals surface area contributed by atoms with Crippen molar-refractivity contribution in [1.29, 1.82) is 0 Å². The van der Waals surface area contributed by atoms with Gasteiger partial charge in [0.1, 0.15) is 5.82 Å². The molecule has 0 fully saturated rings. The van der Waals surface area contributed by atoms with Gasteiger partial charge in [0.25, 0.3) is 0 Å². The van der Waals surface area contributed by atoms with Crippen molar-refractivity contribution in [3.8, 4) is 17.2 Å². The lowest BCUT2D eigenvalue weighted by molar-refractivity contribution is 0.104. The Morgan fingerprint density at radius 1 is 1.04 bits per heavy atom. The molecule has 2 rings (SSSR count). The van der Waals surface area contributed by atoms with Gasteiger partial charge in [-0.3, -0.25) is 4.79 Å². The van der Waals surface area contributed by atoms with E-state index in [2.05, 4.69) is 0 Å². The molecule has 0 heterocycles. The van der Waals surface area contributed by atoms with Crippen LogP contribution in [-0.4, -0.2) is 27.1 Å². The highest BCUT2D eigenvalue weighted by Crippen LogP contribution is 2.38. The van der Waals surface area contributed by atoms with Gasteiger partial charge < -0.3 is 14.2 Å². The maximum atomic E-state index is 13.0. The fourth-order valence-electron chi connectivity index (χ4n) is 2.15. The monoisotopic (exact) mass is 350 g/mol. The zero-order valence-corrected chi connectivity index (χ0v) is 14.2. The number of benzene rings is 2. The lowest BCUT2D eigenvalue weighted by Gasteiger charge is -2.12. The summed E-state index contributed by atoms with van der Waals surface area (Å²) < 4.78 is 28.8. The minimum Gasteiger partial charge on any atom is -0.493 e. The summed E-state index contributed by atoms with van der Waals surface area (Å²) in [6, 6.07) is 7.04. The average molecular weight is 351 g/mol. The van der Waals surface area contributed by atoms with Gasteiger partial charge in [0, 0.05) is 5.56 Å². The van der Waals surface area contributed by atoms with Crippen LogP contribution in [-0.2, 0) is 0 Å². The predicted octanol–water partition coefficient (Wildman–Crippen LogP) is 4.40. The standard InChI is InChI=1S/C18H16ClFO4/c1-22-16-8-11(9-17(23-2)18(16)24-3)4-7-15(21)13-6-5-12(20)10-14(13)19/h4-10H,1-3H3/b7-4+. The first kappa shape index (κ1) is 17.8. The van der Waals surface area contributed by atoms with Gasteiger partial charge in [0.2, 0.25) is 5.75 Å². The van der Waals surface area contributed by atoms with E-state index < -0.39 is 5.82 Å². The molecule has 6 heteroatoms. The van der Waals surface area contributed by atoms with E-state index in [4.69, 9.17) is 25.8 Å². The first-order chi connectivity index (χ1) is 11.5. The summed E-state index contributed by atoms with van der Waals surface area (Å²) >= 11 is 5.89. The van der Waals surface area contributed by atoms with Crippen molar-refractivity contribution in [2.45, 2.75) is 0 Å². The number of halogens is 2. The first-order valence-corrected chi connectivity index (χ1v) is 7.35. The third kappa shape index (κ3) is 3.86. The fraction of sp³-hybridized carbons (Fsp3) is 0.167. The molecule has 0 saturated heterocycles. The third-order valence-electron chi connectivity index (χ3n) is 3.31. The van der Waals surface area contributed by atoms with Crippen LogP contribution in [0.4, 0.5) is 4.39 Å². The van der Waals surface area contributed by atoms with Crippen LogP contribution in [0.5, 0.6) is 17.2 Å². The summed E-state index contributed by atoms with van der Waals surface area (Å²) in [4.78, 5) is 12.2. The Bertz CT molecular complexity index is 762. The smallest absolute Gasteiger partial charge is 0.203 e. The minimum absolute atomic E-state index is 0.0644. The van der Waals surface area contributed by atoms with Crippen molar-refractivity contribution in [3.63, 3.8) is 0 Å². The normalized spacial score (nSPS) is 10.7. The van der Waals surface area contributed by atoms with Crippen LogP contribution < -0.4 is 14.2 Å². The summed E-state index contributed by atoms with van der Waals surface area (Å²) in [6.07, 6.45) is 2.94. The molecule has 0 unspecified atom stereocenters. The van der Waals surface area contributed by atoms with Gasteiger partial charge >= 0.3 is 0 Å². The molecule has 126 valence electrons. The molecule has 0 aliphatic carbocycles. The summed E-state index contributed by atoms with van der Waals surface area (Å²) in [5.74, 6) is 0.580. The van der Waals surface area contributed by atoms with Crippen LogP contribution in [0.25, 0.3) is 6.08 Å². The van der Waals surface area contributed by atoms with Crippen LogP contribution in [0.3, 0.4) is 0 Å². The van der Waals surface area contributed by atoms with E-state index in [1.165, 1.54) is 39.5 Å². The summed E-state index contributed by atoms with van der Waals surface area (Å²) in [5.41, 5.74) is 0.901. The van der Waals surface area contributed by atoms with E-state index in [1.54, 1.807) is 18.2 Å². The molecule has 0 spiro atoms. The van der Waals surface area contributed by atoms with Crippen LogP contribution in [0, 0.1) is 5.82 Å². The number of carbonyl (C=O) groups is 1. The predicted molar refractivity (Wildman–Crippen MR) is 90.9 cm³/mol. The Hall–Kier alpha value is -2.53. The highest BCUT2D eigenvalue weighted by molar-refractivity contribution is 6.34.